The van der Waals surface area contributed by atoms with Gasteiger partial charge < -0.3 is 9.30 Å². The normalized spacial score (nSPS) is 10.9. The molecule has 0 fully saturated rings. The van der Waals surface area contributed by atoms with Gasteiger partial charge in [0.2, 0.25) is 0 Å². The maximum atomic E-state index is 5.97. The number of nitrogens with zero attached hydrogens (tertiary/aromatic N) is 4. The van der Waals surface area contributed by atoms with Crippen LogP contribution in [0.1, 0.15) is 25.3 Å². The fourth-order valence-electron chi connectivity index (χ4n) is 2.55. The van der Waals surface area contributed by atoms with Crippen LogP contribution in [0.3, 0.4) is 0 Å². The van der Waals surface area contributed by atoms with Crippen LogP contribution in [-0.2, 0) is 12.3 Å². The average Bonchev–Trinajstić information content (AvgIpc) is 3.07. The van der Waals surface area contributed by atoms with Crippen LogP contribution in [0.15, 0.2) is 47.8 Å². The van der Waals surface area contributed by atoms with Gasteiger partial charge >= 0.3 is 0 Å². The molecule has 1 aromatic carbocycles. The Morgan fingerprint density at radius 1 is 1.15 bits per heavy atom. The number of hydrogen-bond acceptors (Lipinski definition) is 5. The van der Waals surface area contributed by atoms with Crippen LogP contribution >= 0.6 is 23.4 Å². The highest BCUT2D eigenvalue weighted by molar-refractivity contribution is 7.98. The number of aromatic nitrogens is 4. The molecule has 0 aliphatic carbocycles. The van der Waals surface area contributed by atoms with Gasteiger partial charge in [0.05, 0.1) is 7.11 Å². The zero-order chi connectivity index (χ0) is 18.4. The third-order valence-electron chi connectivity index (χ3n) is 3.96. The van der Waals surface area contributed by atoms with Gasteiger partial charge in [0.15, 0.2) is 11.0 Å². The van der Waals surface area contributed by atoms with Gasteiger partial charge in [-0.1, -0.05) is 36.7 Å². The Bertz CT molecular complexity index is 851. The minimum atomic E-state index is 0.509. The second-order valence-electron chi connectivity index (χ2n) is 5.82. The van der Waals surface area contributed by atoms with Crippen LogP contribution in [0.25, 0.3) is 11.4 Å². The summed E-state index contributed by atoms with van der Waals surface area (Å²) in [6.45, 7) is 3.08. The van der Waals surface area contributed by atoms with E-state index >= 15 is 0 Å². The van der Waals surface area contributed by atoms with Crippen molar-refractivity contribution in [3.63, 3.8) is 0 Å². The molecular formula is C19H21ClN4OS. The summed E-state index contributed by atoms with van der Waals surface area (Å²) in [5, 5.41) is 10.3. The molecule has 5 nitrogen and oxygen atoms in total. The molecule has 0 bridgehead atoms. The van der Waals surface area contributed by atoms with E-state index in [1.54, 1.807) is 25.1 Å². The van der Waals surface area contributed by atoms with Gasteiger partial charge in [-0.05, 0) is 48.4 Å². The van der Waals surface area contributed by atoms with E-state index in [9.17, 15) is 0 Å². The predicted molar refractivity (Wildman–Crippen MR) is 106 cm³/mol. The topological polar surface area (TPSA) is 52.8 Å². The first-order valence-electron chi connectivity index (χ1n) is 8.52. The Morgan fingerprint density at radius 2 is 1.96 bits per heavy atom. The molecule has 2 heterocycles. The van der Waals surface area contributed by atoms with Gasteiger partial charge in [0.1, 0.15) is 10.9 Å². The molecule has 7 heteroatoms. The third kappa shape index (κ3) is 4.56. The summed E-state index contributed by atoms with van der Waals surface area (Å²) in [4.78, 5) is 4.02. The van der Waals surface area contributed by atoms with E-state index in [2.05, 4.69) is 26.7 Å². The quantitative estimate of drug-likeness (QED) is 0.397. The molecule has 136 valence electrons. The minimum Gasteiger partial charge on any atom is -0.497 e. The Balaban J connectivity index is 1.83. The summed E-state index contributed by atoms with van der Waals surface area (Å²) >= 11 is 7.63. The summed E-state index contributed by atoms with van der Waals surface area (Å²) in [5.74, 6) is 2.49. The zero-order valence-corrected chi connectivity index (χ0v) is 16.4. The molecule has 0 N–H and O–H groups in total. The number of methoxy groups -OCH3 is 1. The van der Waals surface area contributed by atoms with Crippen molar-refractivity contribution in [3.05, 3.63) is 53.3 Å². The zero-order valence-electron chi connectivity index (χ0n) is 14.9. The molecule has 0 unspecified atom stereocenters. The number of unbranched alkanes of at least 4 members (excludes halogenated alkanes) is 1. The Hall–Kier alpha value is -2.05. The Labute approximate surface area is 162 Å². The second kappa shape index (κ2) is 9.05. The number of hydrogen-bond donors (Lipinski definition) is 0. The lowest BCUT2D eigenvalue weighted by molar-refractivity contribution is 0.415. The van der Waals surface area contributed by atoms with E-state index in [4.69, 9.17) is 16.3 Å². The summed E-state index contributed by atoms with van der Waals surface area (Å²) in [7, 11) is 1.67. The number of halogens is 1. The molecule has 0 radical (unpaired) electrons. The first-order valence-corrected chi connectivity index (χ1v) is 9.88. The van der Waals surface area contributed by atoms with Crippen molar-refractivity contribution < 1.29 is 4.74 Å². The molecular weight excluding hydrogens is 368 g/mol. The fraction of sp³-hybridized carbons (Fsp3) is 0.316. The van der Waals surface area contributed by atoms with Crippen molar-refractivity contribution in [3.8, 4) is 17.1 Å². The maximum Gasteiger partial charge on any atom is 0.191 e. The number of ether oxygens (including phenoxy) is 1. The fourth-order valence-corrected chi connectivity index (χ4v) is 3.65. The van der Waals surface area contributed by atoms with E-state index in [0.717, 1.165) is 53.0 Å². The molecule has 2 aromatic heterocycles. The minimum absolute atomic E-state index is 0.509. The van der Waals surface area contributed by atoms with E-state index in [1.807, 2.05) is 36.4 Å². The maximum absolute atomic E-state index is 5.97. The lowest BCUT2D eigenvalue weighted by atomic mass is 10.2. The number of benzene rings is 1. The van der Waals surface area contributed by atoms with E-state index in [0.29, 0.717) is 5.15 Å². The lowest BCUT2D eigenvalue weighted by Gasteiger charge is -2.10. The van der Waals surface area contributed by atoms with Crippen LogP contribution in [0, 0.1) is 0 Å². The van der Waals surface area contributed by atoms with Crippen LogP contribution in [0.4, 0.5) is 0 Å². The number of thioether (sulfide) groups is 1. The van der Waals surface area contributed by atoms with Gasteiger partial charge in [-0.15, -0.1) is 10.2 Å². The highest BCUT2D eigenvalue weighted by Gasteiger charge is 2.14. The largest absolute Gasteiger partial charge is 0.497 e. The van der Waals surface area contributed by atoms with E-state index in [1.165, 1.54) is 0 Å². The second-order valence-corrected chi connectivity index (χ2v) is 7.15. The van der Waals surface area contributed by atoms with Gasteiger partial charge in [-0.25, -0.2) is 4.98 Å². The van der Waals surface area contributed by atoms with Gasteiger partial charge in [-0.3, -0.25) is 0 Å². The molecule has 0 aliphatic rings. The molecule has 26 heavy (non-hydrogen) atoms. The highest BCUT2D eigenvalue weighted by atomic mass is 35.5. The van der Waals surface area contributed by atoms with Crippen molar-refractivity contribution in [2.24, 2.45) is 0 Å². The summed E-state index contributed by atoms with van der Waals surface area (Å²) < 4.78 is 7.43. The van der Waals surface area contributed by atoms with Crippen molar-refractivity contribution in [1.82, 2.24) is 19.7 Å². The third-order valence-corrected chi connectivity index (χ3v) is 5.20. The molecule has 0 saturated carbocycles. The molecule has 0 atom stereocenters. The lowest BCUT2D eigenvalue weighted by Crippen LogP contribution is -2.02. The van der Waals surface area contributed by atoms with E-state index in [-0.39, 0.29) is 0 Å². The van der Waals surface area contributed by atoms with Crippen LogP contribution in [-0.4, -0.2) is 26.9 Å². The standard InChI is InChI=1S/C19H21ClN4OS/c1-3-4-11-24-18(15-5-7-16(25-2)8-6-15)22-23-19(24)26-13-14-9-10-21-17(20)12-14/h5-10,12H,3-4,11,13H2,1-2H3. The van der Waals surface area contributed by atoms with Gasteiger partial charge in [0.25, 0.3) is 0 Å². The van der Waals surface area contributed by atoms with Gasteiger partial charge in [0, 0.05) is 24.1 Å². The van der Waals surface area contributed by atoms with Crippen molar-refractivity contribution in [2.75, 3.05) is 7.11 Å². The molecule has 0 amide bonds. The molecule has 0 spiro atoms. The van der Waals surface area contributed by atoms with Crippen molar-refractivity contribution in [1.29, 1.82) is 0 Å². The monoisotopic (exact) mass is 388 g/mol. The first kappa shape index (κ1) is 18.7. The summed E-state index contributed by atoms with van der Waals surface area (Å²) in [6, 6.07) is 11.8. The number of pyridine rings is 1. The van der Waals surface area contributed by atoms with Crippen molar-refractivity contribution in [2.45, 2.75) is 37.2 Å². The predicted octanol–water partition coefficient (Wildman–Crippen LogP) is 5.09. The molecule has 3 rings (SSSR count). The van der Waals surface area contributed by atoms with Crippen molar-refractivity contribution >= 4 is 23.4 Å². The van der Waals surface area contributed by atoms with Gasteiger partial charge in [-0.2, -0.15) is 0 Å². The van der Waals surface area contributed by atoms with Crippen LogP contribution in [0.5, 0.6) is 5.75 Å². The first-order chi connectivity index (χ1) is 12.7. The molecule has 0 saturated heterocycles. The average molecular weight is 389 g/mol. The highest BCUT2D eigenvalue weighted by Crippen LogP contribution is 2.28. The Morgan fingerprint density at radius 3 is 2.65 bits per heavy atom. The summed E-state index contributed by atoms with van der Waals surface area (Å²) in [5.41, 5.74) is 2.15. The molecule has 0 aliphatic heterocycles. The number of rotatable bonds is 8. The van der Waals surface area contributed by atoms with Crippen LogP contribution in [0.2, 0.25) is 5.15 Å². The van der Waals surface area contributed by atoms with E-state index < -0.39 is 0 Å². The SMILES string of the molecule is CCCCn1c(SCc2ccnc(Cl)c2)nnc1-c1ccc(OC)cc1. The molecule has 3 aromatic rings. The summed E-state index contributed by atoms with van der Waals surface area (Å²) in [6.07, 6.45) is 3.92. The van der Waals surface area contributed by atoms with Crippen LogP contribution < -0.4 is 4.74 Å². The smallest absolute Gasteiger partial charge is 0.191 e. The Kier molecular flexibility index (Phi) is 6.52.